The zero-order valence-corrected chi connectivity index (χ0v) is 75.7. The van der Waals surface area contributed by atoms with Crippen LogP contribution in [-0.4, -0.2) is 0 Å². The molecule has 0 spiro atoms. The van der Waals surface area contributed by atoms with Crippen LogP contribution in [0.5, 0.6) is 0 Å². The van der Waals surface area contributed by atoms with Gasteiger partial charge in [0.25, 0.3) is 0 Å². The van der Waals surface area contributed by atoms with Crippen LogP contribution in [0.25, 0.3) is 66.8 Å². The summed E-state index contributed by atoms with van der Waals surface area (Å²) in [4.78, 5) is 0. The second-order valence-electron chi connectivity index (χ2n) is 18.9. The third-order valence-corrected chi connectivity index (χ3v) is 16.8. The smallest absolute Gasteiger partial charge is 0.0122 e. The number of benzene rings is 11. The largest absolute Gasteiger partial charge is 0.133 e. The molecule has 0 N–H and O–H groups in total. The predicted octanol–water partition coefficient (Wildman–Crippen LogP) is 32.3. The van der Waals surface area contributed by atoms with Gasteiger partial charge >= 0.3 is 0 Å². The van der Waals surface area contributed by atoms with E-state index in [2.05, 4.69) is 332 Å². The van der Waals surface area contributed by atoms with Crippen LogP contribution < -0.4 is 0 Å². The zero-order chi connectivity index (χ0) is 78.2. The topological polar surface area (TPSA) is 0 Å². The second-order valence-corrected chi connectivity index (χ2v) is 21.8. The maximum atomic E-state index is 2.78. The molecule has 7 heteroatoms. The van der Waals surface area contributed by atoms with Gasteiger partial charge in [-0.1, -0.05) is 437 Å². The van der Waals surface area contributed by atoms with E-state index < -0.39 is 0 Å². The van der Waals surface area contributed by atoms with Crippen molar-refractivity contribution in [3.63, 3.8) is 0 Å². The number of hydrogen-bond acceptors (Lipinski definition) is 0. The van der Waals surface area contributed by atoms with Gasteiger partial charge in [0, 0.05) is 0 Å². The predicted molar refractivity (Wildman–Crippen MR) is 504 cm³/mol. The van der Waals surface area contributed by atoms with Crippen LogP contribution in [-0.2, 0) is 43.1 Å². The summed E-state index contributed by atoms with van der Waals surface area (Å²) in [5, 5.41) is 0. The second kappa shape index (κ2) is 76.6. The van der Waals surface area contributed by atoms with Crippen molar-refractivity contribution in [2.75, 3.05) is 0 Å². The Morgan fingerprint density at radius 3 is 0.569 bits per heavy atom. The average Bonchev–Trinajstić information content (AvgIpc) is 0.854. The Balaban J connectivity index is -0.000000362. The molecule has 0 aliphatic rings. The van der Waals surface area contributed by atoms with Gasteiger partial charge in [-0.05, 0) is 149 Å². The summed E-state index contributed by atoms with van der Waals surface area (Å²) in [5.41, 5.74) is 24.9. The molecule has 0 radical (unpaired) electrons. The van der Waals surface area contributed by atoms with Gasteiger partial charge in [-0.2, -0.15) is 0 Å². The van der Waals surface area contributed by atoms with Crippen LogP contribution >= 0.6 is 64.7 Å². The summed E-state index contributed by atoms with van der Waals surface area (Å²) < 4.78 is 0. The van der Waals surface area contributed by atoms with E-state index in [1.165, 1.54) is 106 Å². The fourth-order valence-electron chi connectivity index (χ4n) is 8.76. The highest BCUT2D eigenvalue weighted by molar-refractivity contribution is 7.16. The van der Waals surface area contributed by atoms with Crippen molar-refractivity contribution in [1.82, 2.24) is 0 Å². The molecule has 11 aromatic rings. The molecule has 0 heterocycles. The van der Waals surface area contributed by atoms with Crippen LogP contribution in [0.15, 0.2) is 285 Å². The van der Waals surface area contributed by atoms with E-state index in [1.807, 2.05) is 171 Å². The Morgan fingerprint density at radius 1 is 0.147 bits per heavy atom. The van der Waals surface area contributed by atoms with E-state index in [4.69, 9.17) is 0 Å². The Bertz CT molecular complexity index is 3350. The molecule has 7 atom stereocenters. The van der Waals surface area contributed by atoms with Crippen molar-refractivity contribution < 1.29 is 0 Å². The first kappa shape index (κ1) is 105. The molecule has 0 saturated carbocycles. The van der Waals surface area contributed by atoms with E-state index in [9.17, 15) is 0 Å². The third kappa shape index (κ3) is 43.6. The Hall–Kier alpha value is -5.57. The molecule has 0 fully saturated rings. The molecular formula is C95H141P7. The molecule has 556 valence electrons. The van der Waals surface area contributed by atoms with Gasteiger partial charge < -0.3 is 0 Å². The standard InChI is InChI=1S/C20H20P2.C14H16P2.3C13H13P.11C2H6/c21-13-15-1-5-17(6-2-15)19-9-11-20(12-10-19)18-7-3-16(14-22)4-8-18;15-9-11-1-5-13(6-2-11)14-7-3-12(10-16)4-8-14;14-10-11-5-4-8-13(9-11)12-6-2-1-3-7-12;14-10-12-8-4-5-9-13(12)11-6-2-1-3-7-11;14-10-11-6-8-13(9-7-11)12-4-2-1-3-5-12;11*1-2/h1-12H,13-14,21-22H2;1-8H,9-10,15-16H2;3*1-9H,10,14H2;11*1-2H3. The van der Waals surface area contributed by atoms with Gasteiger partial charge in [-0.3, -0.25) is 0 Å². The van der Waals surface area contributed by atoms with Crippen LogP contribution in [0, 0.1) is 0 Å². The van der Waals surface area contributed by atoms with Gasteiger partial charge in [0.05, 0.1) is 0 Å². The van der Waals surface area contributed by atoms with Gasteiger partial charge in [-0.15, -0.1) is 64.7 Å². The molecule has 11 aromatic carbocycles. The lowest BCUT2D eigenvalue weighted by atomic mass is 9.99. The van der Waals surface area contributed by atoms with Crippen molar-refractivity contribution in [2.45, 2.75) is 195 Å². The first-order valence-corrected chi connectivity index (χ1v) is 43.9. The van der Waals surface area contributed by atoms with Gasteiger partial charge in [0.15, 0.2) is 0 Å². The summed E-state index contributed by atoms with van der Waals surface area (Å²) in [6.07, 6.45) is 7.09. The highest BCUT2D eigenvalue weighted by Crippen LogP contribution is 2.29. The monoisotopic (exact) mass is 1500 g/mol. The van der Waals surface area contributed by atoms with Crippen molar-refractivity contribution in [2.24, 2.45) is 0 Å². The van der Waals surface area contributed by atoms with Crippen LogP contribution in [0.2, 0.25) is 0 Å². The van der Waals surface area contributed by atoms with E-state index >= 15 is 0 Å². The Kier molecular flexibility index (Phi) is 78.8. The molecule has 0 aliphatic heterocycles. The number of hydrogen-bond donors (Lipinski definition) is 0. The van der Waals surface area contributed by atoms with Gasteiger partial charge in [0.2, 0.25) is 0 Å². The third-order valence-electron chi connectivity index (χ3n) is 13.5. The fraction of sp³-hybridized carbons (Fsp3) is 0.305. The van der Waals surface area contributed by atoms with Crippen LogP contribution in [0.1, 0.15) is 191 Å². The minimum Gasteiger partial charge on any atom is -0.133 e. The molecular weight excluding hydrogens is 1360 g/mol. The summed E-state index contributed by atoms with van der Waals surface area (Å²) in [5.74, 6) is 0. The molecule has 0 amide bonds. The van der Waals surface area contributed by atoms with E-state index in [-0.39, 0.29) is 0 Å². The summed E-state index contributed by atoms with van der Waals surface area (Å²) >= 11 is 0. The lowest BCUT2D eigenvalue weighted by Gasteiger charge is -2.06. The van der Waals surface area contributed by atoms with Crippen molar-refractivity contribution in [3.05, 3.63) is 324 Å². The Labute approximate surface area is 646 Å². The van der Waals surface area contributed by atoms with E-state index in [1.54, 1.807) is 0 Å². The molecule has 11 rings (SSSR count). The van der Waals surface area contributed by atoms with Gasteiger partial charge in [0.1, 0.15) is 0 Å². The molecule has 0 bridgehead atoms. The fourth-order valence-corrected chi connectivity index (χ4v) is 10.7. The van der Waals surface area contributed by atoms with Gasteiger partial charge in [-0.25, -0.2) is 0 Å². The first-order chi connectivity index (χ1) is 50.3. The van der Waals surface area contributed by atoms with Crippen LogP contribution in [0.3, 0.4) is 0 Å². The molecule has 0 aromatic heterocycles. The first-order valence-electron chi connectivity index (χ1n) is 38.1. The molecule has 0 saturated heterocycles. The van der Waals surface area contributed by atoms with E-state index in [0.717, 1.165) is 43.1 Å². The van der Waals surface area contributed by atoms with Crippen LogP contribution in [0.4, 0.5) is 0 Å². The summed E-state index contributed by atoms with van der Waals surface area (Å²) in [7, 11) is 19.3. The lowest BCUT2D eigenvalue weighted by molar-refractivity contribution is 1.40. The maximum absolute atomic E-state index is 2.78. The SMILES string of the molecule is CC.CC.CC.CC.CC.CC.CC.CC.CC.CC.CC.PCc1ccc(-c2ccc(-c3ccc(CP)cc3)cc2)cc1.PCc1ccc(-c2ccc(CP)cc2)cc1.PCc1ccc(-c2ccccc2)cc1.PCc1cccc(-c2ccccc2)c1.PCc1ccccc1-c1ccccc1. The minimum absolute atomic E-state index is 1.01. The normalized spacial score (nSPS) is 8.72. The summed E-state index contributed by atoms with van der Waals surface area (Å²) in [6, 6.07) is 101. The van der Waals surface area contributed by atoms with Crippen molar-refractivity contribution in [3.8, 4) is 66.8 Å². The summed E-state index contributed by atoms with van der Waals surface area (Å²) in [6.45, 7) is 44.0. The molecule has 0 nitrogen and oxygen atoms in total. The van der Waals surface area contributed by atoms with E-state index in [0.29, 0.717) is 0 Å². The maximum Gasteiger partial charge on any atom is -0.0122 e. The molecule has 0 aliphatic carbocycles. The molecule has 102 heavy (non-hydrogen) atoms. The Morgan fingerprint density at radius 2 is 0.333 bits per heavy atom. The highest BCUT2D eigenvalue weighted by atomic mass is 31.0. The quantitative estimate of drug-likeness (QED) is 0.101. The lowest BCUT2D eigenvalue weighted by Crippen LogP contribution is -1.84. The zero-order valence-electron chi connectivity index (χ0n) is 67.6. The minimum atomic E-state index is 1.01. The van der Waals surface area contributed by atoms with Crippen molar-refractivity contribution in [1.29, 1.82) is 0 Å². The number of rotatable bonds is 13. The average molecular weight is 1500 g/mol. The van der Waals surface area contributed by atoms with Crippen molar-refractivity contribution >= 4 is 64.7 Å². The highest BCUT2D eigenvalue weighted by Gasteiger charge is 2.04. The molecule has 7 unspecified atom stereocenters.